The molecule has 0 saturated heterocycles. The zero-order valence-electron chi connectivity index (χ0n) is 21.7. The van der Waals surface area contributed by atoms with Crippen LogP contribution in [0.1, 0.15) is 56.1 Å². The first-order chi connectivity index (χ1) is 18.6. The molecule has 2 saturated carbocycles. The molecule has 2 fully saturated rings. The second-order valence-corrected chi connectivity index (χ2v) is 11.2. The van der Waals surface area contributed by atoms with E-state index >= 15 is 0 Å². The average molecular weight is 587 g/mol. The minimum atomic E-state index is -4.38. The van der Waals surface area contributed by atoms with Gasteiger partial charge >= 0.3 is 6.09 Å². The van der Waals surface area contributed by atoms with Crippen LogP contribution < -0.4 is 5.32 Å². The van der Waals surface area contributed by atoms with Crippen molar-refractivity contribution in [2.45, 2.75) is 81.3 Å². The summed E-state index contributed by atoms with van der Waals surface area (Å²) in [6.45, 7) is 1.79. The van der Waals surface area contributed by atoms with Gasteiger partial charge in [0, 0.05) is 37.8 Å². The summed E-state index contributed by atoms with van der Waals surface area (Å²) < 4.78 is 89.1. The van der Waals surface area contributed by atoms with E-state index < -0.39 is 46.9 Å². The molecular weight excluding hydrogens is 556 g/mol. The van der Waals surface area contributed by atoms with Crippen LogP contribution in [-0.2, 0) is 26.3 Å². The first-order valence-electron chi connectivity index (χ1n) is 12.5. The molecule has 4 rings (SSSR count). The van der Waals surface area contributed by atoms with E-state index in [0.717, 1.165) is 11.1 Å². The quantitative estimate of drug-likeness (QED) is 0.318. The van der Waals surface area contributed by atoms with Crippen molar-refractivity contribution in [3.05, 3.63) is 59.7 Å². The third-order valence-electron chi connectivity index (χ3n) is 6.36. The van der Waals surface area contributed by atoms with E-state index in [0.29, 0.717) is 5.71 Å². The number of nitrogens with zero attached hydrogens (tertiary/aromatic N) is 1. The van der Waals surface area contributed by atoms with Crippen LogP contribution in [0, 0.1) is 6.92 Å². The molecule has 1 unspecified atom stereocenters. The maximum Gasteiger partial charge on any atom is 0.408 e. The Balaban J connectivity index is 0.000000220. The Bertz CT molecular complexity index is 1340. The number of ether oxygens (including phenoxy) is 1. The third kappa shape index (κ3) is 9.70. The van der Waals surface area contributed by atoms with Crippen LogP contribution in [0.25, 0.3) is 0 Å². The number of hydrogen-bond donors (Lipinski definition) is 2. The number of aryl methyl sites for hydroxylation is 1. The van der Waals surface area contributed by atoms with Crippen molar-refractivity contribution in [2.24, 2.45) is 4.99 Å². The Morgan fingerprint density at radius 2 is 1.65 bits per heavy atom. The van der Waals surface area contributed by atoms with Crippen molar-refractivity contribution in [3.63, 3.8) is 0 Å². The lowest BCUT2D eigenvalue weighted by Crippen LogP contribution is -2.48. The SMILES string of the molecule is Cc1ccc(S(=O)(=O)O)c(N=C2CCC(F)(F)CC2)c1.O=C(NC1CC(F)(F)CCC1=O)OCc1ccccc1. The summed E-state index contributed by atoms with van der Waals surface area (Å²) in [6, 6.07) is 12.1. The predicted molar refractivity (Wildman–Crippen MR) is 139 cm³/mol. The van der Waals surface area contributed by atoms with Crippen molar-refractivity contribution in [3.8, 4) is 0 Å². The first-order valence-corrected chi connectivity index (χ1v) is 14.0. The molecule has 1 amide bonds. The van der Waals surface area contributed by atoms with E-state index in [1.54, 1.807) is 37.3 Å². The highest BCUT2D eigenvalue weighted by Crippen LogP contribution is 2.34. The largest absolute Gasteiger partial charge is 0.445 e. The van der Waals surface area contributed by atoms with Gasteiger partial charge in [0.05, 0.1) is 11.7 Å². The van der Waals surface area contributed by atoms with Gasteiger partial charge in [-0.05, 0) is 43.0 Å². The second-order valence-electron chi connectivity index (χ2n) is 9.77. The van der Waals surface area contributed by atoms with Crippen molar-refractivity contribution in [1.29, 1.82) is 0 Å². The topological polar surface area (TPSA) is 122 Å². The number of nitrogens with one attached hydrogen (secondary N) is 1. The van der Waals surface area contributed by atoms with Gasteiger partial charge in [0.25, 0.3) is 16.0 Å². The number of aliphatic imine (C=N–C) groups is 1. The molecule has 0 radical (unpaired) electrons. The summed E-state index contributed by atoms with van der Waals surface area (Å²) in [5, 5.41) is 2.20. The minimum Gasteiger partial charge on any atom is -0.445 e. The molecular formula is C27H30F4N2O6S. The van der Waals surface area contributed by atoms with Crippen LogP contribution in [-0.4, -0.2) is 48.4 Å². The molecule has 2 aliphatic carbocycles. The maximum absolute atomic E-state index is 13.2. The number of ketones is 1. The highest BCUT2D eigenvalue weighted by atomic mass is 32.2. The van der Waals surface area contributed by atoms with E-state index in [-0.39, 0.29) is 55.1 Å². The number of halogens is 4. The monoisotopic (exact) mass is 586 g/mol. The molecule has 1 atom stereocenters. The van der Waals surface area contributed by atoms with Crippen molar-refractivity contribution in [1.82, 2.24) is 5.32 Å². The fraction of sp³-hybridized carbons (Fsp3) is 0.444. The van der Waals surface area contributed by atoms with Crippen molar-refractivity contribution in [2.75, 3.05) is 0 Å². The molecule has 2 aromatic carbocycles. The zero-order chi connectivity index (χ0) is 29.6. The van der Waals surface area contributed by atoms with Crippen LogP contribution in [0.3, 0.4) is 0 Å². The number of Topliss-reactive ketones (excluding diaryl/α,β-unsaturated/α-hetero) is 1. The summed E-state index contributed by atoms with van der Waals surface area (Å²) in [4.78, 5) is 26.9. The lowest BCUT2D eigenvalue weighted by atomic mass is 9.91. The van der Waals surface area contributed by atoms with Crippen molar-refractivity contribution < 1.29 is 44.9 Å². The highest BCUT2D eigenvalue weighted by Gasteiger charge is 2.41. The number of carbonyl (C=O) groups excluding carboxylic acids is 2. The number of hydrogen-bond acceptors (Lipinski definition) is 6. The summed E-state index contributed by atoms with van der Waals surface area (Å²) >= 11 is 0. The summed E-state index contributed by atoms with van der Waals surface area (Å²) in [7, 11) is -4.38. The maximum atomic E-state index is 13.2. The van der Waals surface area contributed by atoms with E-state index in [4.69, 9.17) is 9.29 Å². The molecule has 40 heavy (non-hydrogen) atoms. The molecule has 0 aliphatic heterocycles. The fourth-order valence-electron chi connectivity index (χ4n) is 4.15. The number of carbonyl (C=O) groups is 2. The standard InChI is InChI=1S/C14H15F2NO3.C13H15F2NO3S/c15-14(16)7-6-12(18)11(8-14)17-13(19)20-9-10-4-2-1-3-5-10;1-9-2-3-12(20(17,18)19)11(8-9)16-10-4-6-13(14,15)7-5-10/h1-5,11H,6-9H2,(H,17,19);2-3,8H,4-7H2,1H3,(H,17,18,19). The molecule has 0 heterocycles. The van der Waals surface area contributed by atoms with Gasteiger partial charge in [-0.3, -0.25) is 14.3 Å². The zero-order valence-corrected chi connectivity index (χ0v) is 22.5. The van der Waals surface area contributed by atoms with Gasteiger partial charge in [-0.15, -0.1) is 0 Å². The van der Waals surface area contributed by atoms with E-state index in [2.05, 4.69) is 10.3 Å². The smallest absolute Gasteiger partial charge is 0.408 e. The van der Waals surface area contributed by atoms with Crippen LogP contribution >= 0.6 is 0 Å². The number of benzene rings is 2. The van der Waals surface area contributed by atoms with Crippen molar-refractivity contribution >= 4 is 33.4 Å². The molecule has 0 spiro atoms. The van der Waals surface area contributed by atoms with Gasteiger partial charge in [0.1, 0.15) is 11.5 Å². The molecule has 13 heteroatoms. The number of alkyl carbamates (subject to hydrolysis) is 1. The van der Waals surface area contributed by atoms with E-state index in [9.17, 15) is 35.6 Å². The second kappa shape index (κ2) is 12.9. The number of amides is 1. The highest BCUT2D eigenvalue weighted by molar-refractivity contribution is 7.86. The average Bonchev–Trinajstić information content (AvgIpc) is 2.86. The predicted octanol–water partition coefficient (Wildman–Crippen LogP) is 6.19. The third-order valence-corrected chi connectivity index (χ3v) is 7.26. The Morgan fingerprint density at radius 3 is 2.27 bits per heavy atom. The Kier molecular flexibility index (Phi) is 10.1. The lowest BCUT2D eigenvalue weighted by molar-refractivity contribution is -0.131. The van der Waals surface area contributed by atoms with Gasteiger partial charge in [0.15, 0.2) is 5.78 Å². The summed E-state index contributed by atoms with van der Waals surface area (Å²) in [5.74, 6) is -5.96. The summed E-state index contributed by atoms with van der Waals surface area (Å²) in [5.41, 5.74) is 2.19. The lowest BCUT2D eigenvalue weighted by Gasteiger charge is -2.27. The summed E-state index contributed by atoms with van der Waals surface area (Å²) in [6.07, 6.45) is -2.49. The van der Waals surface area contributed by atoms with Gasteiger partial charge in [0.2, 0.25) is 5.92 Å². The number of alkyl halides is 4. The Hall–Kier alpha value is -3.32. The van der Waals surface area contributed by atoms with Gasteiger partial charge in [-0.1, -0.05) is 36.4 Å². The normalized spacial score (nSPS) is 20.1. The van der Waals surface area contributed by atoms with Crippen LogP contribution in [0.4, 0.5) is 28.0 Å². The van der Waals surface area contributed by atoms with E-state index in [1.807, 2.05) is 6.07 Å². The molecule has 218 valence electrons. The van der Waals surface area contributed by atoms with Crippen LogP contribution in [0.15, 0.2) is 58.4 Å². The Labute approximate surface area is 229 Å². The molecule has 8 nitrogen and oxygen atoms in total. The molecule has 2 aromatic rings. The van der Waals surface area contributed by atoms with Gasteiger partial charge < -0.3 is 10.1 Å². The van der Waals surface area contributed by atoms with E-state index in [1.165, 1.54) is 12.1 Å². The fourth-order valence-corrected chi connectivity index (χ4v) is 4.76. The number of rotatable bonds is 5. The van der Waals surface area contributed by atoms with Gasteiger partial charge in [-0.25, -0.2) is 22.4 Å². The molecule has 0 bridgehead atoms. The molecule has 2 N–H and O–H groups in total. The molecule has 0 aromatic heterocycles. The molecule has 2 aliphatic rings. The minimum absolute atomic E-state index is 0.0317. The van der Waals surface area contributed by atoms with Gasteiger partial charge in [-0.2, -0.15) is 8.42 Å². The Morgan fingerprint density at radius 1 is 1.02 bits per heavy atom. The first kappa shape index (κ1) is 31.2. The van der Waals surface area contributed by atoms with Crippen LogP contribution in [0.5, 0.6) is 0 Å². The van der Waals surface area contributed by atoms with Crippen LogP contribution in [0.2, 0.25) is 0 Å².